The van der Waals surface area contributed by atoms with Crippen molar-refractivity contribution in [1.29, 1.82) is 0 Å². The van der Waals surface area contributed by atoms with Crippen molar-refractivity contribution in [3.63, 3.8) is 0 Å². The molecule has 0 aliphatic rings. The van der Waals surface area contributed by atoms with Gasteiger partial charge in [0, 0.05) is 6.42 Å². The summed E-state index contributed by atoms with van der Waals surface area (Å²) in [7, 11) is 0. The smallest absolute Gasteiger partial charge is 0.305 e. The van der Waals surface area contributed by atoms with E-state index in [1.54, 1.807) is 0 Å². The Balaban J connectivity index is 3.74. The average molecular weight is 441 g/mol. The highest BCUT2D eigenvalue weighted by Gasteiger charge is 2.30. The van der Waals surface area contributed by atoms with Gasteiger partial charge < -0.3 is 30.3 Å². The van der Waals surface area contributed by atoms with Gasteiger partial charge in [-0.1, -0.05) is 55.5 Å². The third-order valence-electron chi connectivity index (χ3n) is 4.46. The molecule has 0 radical (unpaired) electrons. The summed E-state index contributed by atoms with van der Waals surface area (Å²) in [6.07, 6.45) is 16.8. The lowest BCUT2D eigenvalue weighted by Gasteiger charge is -2.25. The van der Waals surface area contributed by atoms with Gasteiger partial charge in [0.05, 0.1) is 6.61 Å². The molecule has 0 aliphatic heterocycles. The van der Waals surface area contributed by atoms with Gasteiger partial charge in [0.1, 0.15) is 31.0 Å². The van der Waals surface area contributed by atoms with E-state index in [-0.39, 0.29) is 6.42 Å². The Labute approximate surface area is 186 Å². The van der Waals surface area contributed by atoms with E-state index in [2.05, 4.69) is 55.5 Å². The highest BCUT2D eigenvalue weighted by atomic mass is 16.5. The van der Waals surface area contributed by atoms with E-state index >= 15 is 0 Å². The van der Waals surface area contributed by atoms with Crippen molar-refractivity contribution in [3.05, 3.63) is 48.6 Å². The summed E-state index contributed by atoms with van der Waals surface area (Å²) in [6.45, 7) is 0.867. The van der Waals surface area contributed by atoms with Gasteiger partial charge in [-0.2, -0.15) is 0 Å². The van der Waals surface area contributed by atoms with Crippen LogP contribution < -0.4 is 0 Å². The number of carbonyl (C=O) groups excluding carboxylic acids is 1. The second-order valence-electron chi connectivity index (χ2n) is 7.23. The van der Waals surface area contributed by atoms with E-state index < -0.39 is 43.6 Å². The Morgan fingerprint density at radius 1 is 0.774 bits per heavy atom. The predicted octanol–water partition coefficient (Wildman–Crippen LogP) is 2.33. The molecule has 0 bridgehead atoms. The van der Waals surface area contributed by atoms with E-state index in [9.17, 15) is 25.2 Å². The van der Waals surface area contributed by atoms with Crippen LogP contribution in [0.25, 0.3) is 0 Å². The van der Waals surface area contributed by atoms with Crippen LogP contribution in [0.1, 0.15) is 58.3 Å². The summed E-state index contributed by atoms with van der Waals surface area (Å²) in [4.78, 5) is 11.7. The molecule has 0 spiro atoms. The number of esters is 1. The van der Waals surface area contributed by atoms with Crippen molar-refractivity contribution in [1.82, 2.24) is 0 Å². The first-order valence-corrected chi connectivity index (χ1v) is 11.0. The van der Waals surface area contributed by atoms with Gasteiger partial charge >= 0.3 is 5.97 Å². The van der Waals surface area contributed by atoms with E-state index in [0.717, 1.165) is 38.5 Å². The molecule has 0 heterocycles. The number of unbranched alkanes of at least 4 members (excludes halogenated alkanes) is 2. The molecule has 0 aliphatic carbocycles. The summed E-state index contributed by atoms with van der Waals surface area (Å²) < 4.78 is 4.87. The molecule has 4 atom stereocenters. The molecule has 0 rings (SSSR count). The van der Waals surface area contributed by atoms with Crippen LogP contribution in [-0.2, 0) is 9.53 Å². The Morgan fingerprint density at radius 3 is 1.84 bits per heavy atom. The second-order valence-corrected chi connectivity index (χ2v) is 7.23. The van der Waals surface area contributed by atoms with Gasteiger partial charge in [0.2, 0.25) is 0 Å². The molecule has 0 aromatic rings. The van der Waals surface area contributed by atoms with Crippen molar-refractivity contribution >= 4 is 5.97 Å². The van der Waals surface area contributed by atoms with Crippen molar-refractivity contribution < 1.29 is 35.1 Å². The number of aliphatic hydroxyl groups is 5. The third-order valence-corrected chi connectivity index (χ3v) is 4.46. The molecule has 0 saturated heterocycles. The summed E-state index contributed by atoms with van der Waals surface area (Å²) >= 11 is 0. The number of ether oxygens (including phenoxy) is 1. The molecule has 0 aromatic carbocycles. The van der Waals surface area contributed by atoms with Gasteiger partial charge in [0.15, 0.2) is 0 Å². The highest BCUT2D eigenvalue weighted by Crippen LogP contribution is 2.07. The highest BCUT2D eigenvalue weighted by molar-refractivity contribution is 5.69. The summed E-state index contributed by atoms with van der Waals surface area (Å²) in [5.41, 5.74) is 0. The molecular formula is C24H40O7. The van der Waals surface area contributed by atoms with Gasteiger partial charge in [-0.05, 0) is 44.9 Å². The van der Waals surface area contributed by atoms with Crippen molar-refractivity contribution in [2.24, 2.45) is 0 Å². The zero-order valence-electron chi connectivity index (χ0n) is 18.6. The third kappa shape index (κ3) is 16.6. The van der Waals surface area contributed by atoms with Crippen molar-refractivity contribution in [2.75, 3.05) is 13.2 Å². The minimum absolute atomic E-state index is 0.193. The molecule has 0 unspecified atom stereocenters. The van der Waals surface area contributed by atoms with Gasteiger partial charge in [-0.3, -0.25) is 4.79 Å². The standard InChI is InChI=1S/C24H40O7/c1-2-3-4-5-6-7-8-9-10-11-12-13-14-15-16-17-22(28)31-19-21(27)24(30)23(29)20(26)18-25/h3-4,6-7,9-10,12-13,20-21,23-27,29-30H,2,5,8,11,14-19H2,1H3/b4-3-,7-6-,10-9-,13-12-/t20-,21-,23-,24-/m1/s1. The fourth-order valence-electron chi connectivity index (χ4n) is 2.54. The molecule has 7 nitrogen and oxygen atoms in total. The summed E-state index contributed by atoms with van der Waals surface area (Å²) in [5.74, 6) is -0.506. The fraction of sp³-hybridized carbons (Fsp3) is 0.625. The maximum atomic E-state index is 11.7. The number of hydrogen-bond donors (Lipinski definition) is 5. The lowest BCUT2D eigenvalue weighted by atomic mass is 10.0. The van der Waals surface area contributed by atoms with Crippen LogP contribution in [-0.4, -0.2) is 69.1 Å². The van der Waals surface area contributed by atoms with Gasteiger partial charge in [0.25, 0.3) is 0 Å². The zero-order chi connectivity index (χ0) is 23.3. The number of hydrogen-bond acceptors (Lipinski definition) is 7. The van der Waals surface area contributed by atoms with E-state index in [1.165, 1.54) is 0 Å². The first kappa shape index (κ1) is 29.2. The van der Waals surface area contributed by atoms with Crippen LogP contribution in [0.2, 0.25) is 0 Å². The van der Waals surface area contributed by atoms with Crippen LogP contribution in [0.15, 0.2) is 48.6 Å². The van der Waals surface area contributed by atoms with E-state index in [4.69, 9.17) is 9.84 Å². The van der Waals surface area contributed by atoms with Crippen LogP contribution in [0.5, 0.6) is 0 Å². The van der Waals surface area contributed by atoms with E-state index in [1.807, 2.05) is 0 Å². The van der Waals surface area contributed by atoms with Crippen LogP contribution >= 0.6 is 0 Å². The minimum atomic E-state index is -1.73. The Hall–Kier alpha value is -1.77. The number of rotatable bonds is 18. The van der Waals surface area contributed by atoms with Crippen molar-refractivity contribution in [2.45, 2.75) is 82.7 Å². The fourth-order valence-corrected chi connectivity index (χ4v) is 2.54. The number of carbonyl (C=O) groups is 1. The monoisotopic (exact) mass is 440 g/mol. The lowest BCUT2D eigenvalue weighted by molar-refractivity contribution is -0.156. The number of allylic oxidation sites excluding steroid dienone is 8. The zero-order valence-corrected chi connectivity index (χ0v) is 18.6. The summed E-state index contributed by atoms with van der Waals surface area (Å²) in [6, 6.07) is 0. The molecule has 31 heavy (non-hydrogen) atoms. The molecule has 0 aromatic heterocycles. The normalized spacial score (nSPS) is 16.5. The van der Waals surface area contributed by atoms with Crippen molar-refractivity contribution in [3.8, 4) is 0 Å². The second kappa shape index (κ2) is 20.2. The van der Waals surface area contributed by atoms with Gasteiger partial charge in [-0.25, -0.2) is 0 Å². The van der Waals surface area contributed by atoms with Crippen LogP contribution in [0.4, 0.5) is 0 Å². The maximum Gasteiger partial charge on any atom is 0.305 e. The Morgan fingerprint density at radius 2 is 1.29 bits per heavy atom. The molecule has 178 valence electrons. The predicted molar refractivity (Wildman–Crippen MR) is 121 cm³/mol. The quantitative estimate of drug-likeness (QED) is 0.126. The molecule has 5 N–H and O–H groups in total. The molecular weight excluding hydrogens is 400 g/mol. The Bertz CT molecular complexity index is 554. The Kier molecular flexibility index (Phi) is 19.0. The summed E-state index contributed by atoms with van der Waals surface area (Å²) in [5, 5.41) is 46.8. The molecule has 0 fully saturated rings. The largest absolute Gasteiger partial charge is 0.463 e. The number of aliphatic hydroxyl groups excluding tert-OH is 5. The molecule has 0 saturated carbocycles. The minimum Gasteiger partial charge on any atom is -0.463 e. The molecule has 0 amide bonds. The first-order valence-electron chi connectivity index (χ1n) is 11.0. The van der Waals surface area contributed by atoms with Crippen LogP contribution in [0, 0.1) is 0 Å². The SMILES string of the molecule is CC/C=C\C/C=C\C/C=C\C/C=C\CCCCC(=O)OC[C@@H](O)[C@@H](O)[C@H](O)[C@H](O)CO. The first-order chi connectivity index (χ1) is 14.9. The maximum absolute atomic E-state index is 11.7. The van der Waals surface area contributed by atoms with Crippen LogP contribution in [0.3, 0.4) is 0 Å². The topological polar surface area (TPSA) is 127 Å². The average Bonchev–Trinajstić information content (AvgIpc) is 2.78. The van der Waals surface area contributed by atoms with E-state index in [0.29, 0.717) is 6.42 Å². The van der Waals surface area contributed by atoms with Gasteiger partial charge in [-0.15, -0.1) is 0 Å². The molecule has 7 heteroatoms. The lowest BCUT2D eigenvalue weighted by Crippen LogP contribution is -2.47.